The molecule has 0 radical (unpaired) electrons. The number of aryl methyl sites for hydroxylation is 1. The minimum Gasteiger partial charge on any atom is -0.349 e. The molecule has 3 rings (SSSR count). The van der Waals surface area contributed by atoms with Gasteiger partial charge < -0.3 is 5.32 Å². The largest absolute Gasteiger partial charge is 0.416 e. The molecule has 22 heavy (non-hydrogen) atoms. The molecule has 1 aliphatic carbocycles. The zero-order chi connectivity index (χ0) is 15.9. The summed E-state index contributed by atoms with van der Waals surface area (Å²) in [4.78, 5) is 12.0. The fourth-order valence-corrected chi connectivity index (χ4v) is 2.60. The van der Waals surface area contributed by atoms with Gasteiger partial charge >= 0.3 is 6.18 Å². The van der Waals surface area contributed by atoms with Crippen molar-refractivity contribution in [3.8, 4) is 0 Å². The number of alkyl halides is 3. The molecule has 1 aromatic heterocycles. The van der Waals surface area contributed by atoms with Crippen LogP contribution in [0.4, 0.5) is 13.2 Å². The summed E-state index contributed by atoms with van der Waals surface area (Å²) in [7, 11) is 0. The van der Waals surface area contributed by atoms with E-state index in [1.165, 1.54) is 18.3 Å². The first-order valence-electron chi connectivity index (χ1n) is 6.85. The number of aromatic amines is 1. The molecule has 0 spiro atoms. The Balaban J connectivity index is 1.73. The molecule has 0 unspecified atom stereocenters. The van der Waals surface area contributed by atoms with E-state index in [9.17, 15) is 18.0 Å². The number of aromatic nitrogens is 2. The fraction of sp³-hybridized carbons (Fsp3) is 0.333. The number of hydrogen-bond donors (Lipinski definition) is 2. The summed E-state index contributed by atoms with van der Waals surface area (Å²) in [6.07, 6.45) is -2.46. The lowest BCUT2D eigenvalue weighted by molar-refractivity contribution is -0.138. The van der Waals surface area contributed by atoms with Gasteiger partial charge in [0.1, 0.15) is 0 Å². The minimum absolute atomic E-state index is 0.240. The number of hydrogen-bond acceptors (Lipinski definition) is 2. The third-order valence-corrected chi connectivity index (χ3v) is 3.85. The summed E-state index contributed by atoms with van der Waals surface area (Å²) < 4.78 is 39.0. The molecule has 0 bridgehead atoms. The topological polar surface area (TPSA) is 57.8 Å². The second-order valence-corrected chi connectivity index (χ2v) is 5.42. The smallest absolute Gasteiger partial charge is 0.349 e. The van der Waals surface area contributed by atoms with E-state index in [1.807, 2.05) is 0 Å². The number of benzene rings is 1. The lowest BCUT2D eigenvalue weighted by Crippen LogP contribution is -2.27. The Labute approximate surface area is 124 Å². The van der Waals surface area contributed by atoms with Crippen LogP contribution in [0.25, 0.3) is 0 Å². The van der Waals surface area contributed by atoms with Gasteiger partial charge in [0.05, 0.1) is 17.3 Å². The van der Waals surface area contributed by atoms with Gasteiger partial charge in [0.25, 0.3) is 5.91 Å². The summed E-state index contributed by atoms with van der Waals surface area (Å²) in [6.45, 7) is 1.71. The van der Waals surface area contributed by atoms with Gasteiger partial charge in [-0.2, -0.15) is 18.3 Å². The first-order chi connectivity index (χ1) is 10.4. The van der Waals surface area contributed by atoms with Crippen LogP contribution in [0.2, 0.25) is 0 Å². The Morgan fingerprint density at radius 2 is 2.09 bits per heavy atom. The third-order valence-electron chi connectivity index (χ3n) is 3.85. The van der Waals surface area contributed by atoms with Crippen molar-refractivity contribution in [2.24, 2.45) is 0 Å². The zero-order valence-corrected chi connectivity index (χ0v) is 11.7. The minimum atomic E-state index is -4.38. The molecule has 1 aromatic carbocycles. The van der Waals surface area contributed by atoms with Crippen molar-refractivity contribution in [3.63, 3.8) is 0 Å². The van der Waals surface area contributed by atoms with Crippen LogP contribution in [0.1, 0.15) is 39.5 Å². The highest BCUT2D eigenvalue weighted by atomic mass is 19.4. The van der Waals surface area contributed by atoms with Crippen LogP contribution in [0.15, 0.2) is 30.5 Å². The quantitative estimate of drug-likeness (QED) is 0.915. The maximum absolute atomic E-state index is 13.0. The van der Waals surface area contributed by atoms with Gasteiger partial charge in [-0.3, -0.25) is 9.89 Å². The van der Waals surface area contributed by atoms with E-state index in [1.54, 1.807) is 13.0 Å². The predicted molar refractivity (Wildman–Crippen MR) is 73.4 cm³/mol. The second-order valence-electron chi connectivity index (χ2n) is 5.42. The predicted octanol–water partition coefficient (Wildman–Crippen LogP) is 3.02. The van der Waals surface area contributed by atoms with E-state index in [2.05, 4.69) is 15.5 Å². The molecule has 7 heteroatoms. The van der Waals surface area contributed by atoms with Crippen molar-refractivity contribution >= 4 is 5.91 Å². The molecule has 2 aromatic rings. The lowest BCUT2D eigenvalue weighted by atomic mass is 10.0. The van der Waals surface area contributed by atoms with Crippen LogP contribution in [0.3, 0.4) is 0 Å². The van der Waals surface area contributed by atoms with Crippen LogP contribution in [-0.4, -0.2) is 22.1 Å². The Hall–Kier alpha value is -2.31. The molecule has 1 heterocycles. The normalized spacial score (nSPS) is 20.7. The molecule has 0 aliphatic heterocycles. The van der Waals surface area contributed by atoms with E-state index < -0.39 is 11.7 Å². The van der Waals surface area contributed by atoms with Crippen molar-refractivity contribution in [2.75, 3.05) is 0 Å². The van der Waals surface area contributed by atoms with Crippen LogP contribution < -0.4 is 5.32 Å². The van der Waals surface area contributed by atoms with Crippen molar-refractivity contribution in [1.82, 2.24) is 15.5 Å². The number of H-pyrrole nitrogens is 1. The average Bonchev–Trinajstić information content (AvgIpc) is 3.08. The SMILES string of the molecule is Cc1[nH]ncc1C(=O)N[C@H]1C[C@H]1c1ccccc1C(F)(F)F. The molecular weight excluding hydrogens is 295 g/mol. The van der Waals surface area contributed by atoms with Gasteiger partial charge in [0, 0.05) is 17.7 Å². The Morgan fingerprint density at radius 1 is 1.36 bits per heavy atom. The molecule has 1 saturated carbocycles. The van der Waals surface area contributed by atoms with E-state index in [0.717, 1.165) is 6.07 Å². The molecule has 1 fully saturated rings. The Kier molecular flexibility index (Phi) is 3.42. The Bertz CT molecular complexity index is 708. The monoisotopic (exact) mass is 309 g/mol. The molecule has 2 N–H and O–H groups in total. The van der Waals surface area contributed by atoms with Crippen LogP contribution in [0.5, 0.6) is 0 Å². The van der Waals surface area contributed by atoms with Crippen molar-refractivity contribution in [1.29, 1.82) is 0 Å². The van der Waals surface area contributed by atoms with E-state index in [4.69, 9.17) is 0 Å². The number of nitrogens with zero attached hydrogens (tertiary/aromatic N) is 1. The van der Waals surface area contributed by atoms with Gasteiger partial charge in [0.2, 0.25) is 0 Å². The summed E-state index contributed by atoms with van der Waals surface area (Å²) in [5.41, 5.74) is 0.653. The maximum Gasteiger partial charge on any atom is 0.416 e. The Morgan fingerprint density at radius 3 is 2.73 bits per heavy atom. The van der Waals surface area contributed by atoms with E-state index in [-0.39, 0.29) is 23.4 Å². The number of carbonyl (C=O) groups is 1. The first kappa shape index (κ1) is 14.6. The second kappa shape index (κ2) is 5.15. The number of amides is 1. The number of nitrogens with one attached hydrogen (secondary N) is 2. The number of rotatable bonds is 3. The highest BCUT2D eigenvalue weighted by Gasteiger charge is 2.45. The zero-order valence-electron chi connectivity index (χ0n) is 11.7. The highest BCUT2D eigenvalue weighted by molar-refractivity contribution is 5.95. The summed E-state index contributed by atoms with van der Waals surface area (Å²) in [6, 6.07) is 5.24. The fourth-order valence-electron chi connectivity index (χ4n) is 2.60. The van der Waals surface area contributed by atoms with Crippen LogP contribution in [0, 0.1) is 6.92 Å². The van der Waals surface area contributed by atoms with Gasteiger partial charge in [-0.1, -0.05) is 18.2 Å². The highest BCUT2D eigenvalue weighted by Crippen LogP contribution is 2.46. The van der Waals surface area contributed by atoms with Crippen LogP contribution >= 0.6 is 0 Å². The maximum atomic E-state index is 13.0. The van der Waals surface area contributed by atoms with Crippen LogP contribution in [-0.2, 0) is 6.18 Å². The molecule has 0 saturated heterocycles. The van der Waals surface area contributed by atoms with Gasteiger partial charge in [-0.05, 0) is 25.0 Å². The molecule has 2 atom stereocenters. The first-order valence-corrected chi connectivity index (χ1v) is 6.85. The van der Waals surface area contributed by atoms with E-state index in [0.29, 0.717) is 17.7 Å². The van der Waals surface area contributed by atoms with Crippen molar-refractivity contribution < 1.29 is 18.0 Å². The summed E-state index contributed by atoms with van der Waals surface area (Å²) in [5, 5.41) is 9.17. The molecule has 1 amide bonds. The lowest BCUT2D eigenvalue weighted by Gasteiger charge is -2.12. The number of halogens is 3. The average molecular weight is 309 g/mol. The van der Waals surface area contributed by atoms with E-state index >= 15 is 0 Å². The third kappa shape index (κ3) is 2.70. The van der Waals surface area contributed by atoms with Crippen molar-refractivity contribution in [2.45, 2.75) is 31.5 Å². The molecule has 1 aliphatic rings. The summed E-state index contributed by atoms with van der Waals surface area (Å²) in [5.74, 6) is -0.614. The standard InChI is InChI=1S/C15H14F3N3O/c1-8-11(7-19-21-8)14(22)20-13-6-10(13)9-4-2-3-5-12(9)15(16,17)18/h2-5,7,10,13H,6H2,1H3,(H,19,21)(H,20,22)/t10-,13-/m0/s1. The summed E-state index contributed by atoms with van der Waals surface area (Å²) >= 11 is 0. The molecule has 116 valence electrons. The molecular formula is C15H14F3N3O. The van der Waals surface area contributed by atoms with Gasteiger partial charge in [0.15, 0.2) is 0 Å². The van der Waals surface area contributed by atoms with Gasteiger partial charge in [-0.25, -0.2) is 0 Å². The van der Waals surface area contributed by atoms with Gasteiger partial charge in [-0.15, -0.1) is 0 Å². The molecule has 4 nitrogen and oxygen atoms in total. The number of carbonyl (C=O) groups excluding carboxylic acids is 1. The van der Waals surface area contributed by atoms with Crippen molar-refractivity contribution in [3.05, 3.63) is 52.8 Å².